The summed E-state index contributed by atoms with van der Waals surface area (Å²) < 4.78 is 15.9. The van der Waals surface area contributed by atoms with E-state index in [1.807, 2.05) is 13.8 Å². The summed E-state index contributed by atoms with van der Waals surface area (Å²) in [6.07, 6.45) is 2.07. The molecule has 5 nitrogen and oxygen atoms in total. The minimum Gasteiger partial charge on any atom is -0.489 e. The summed E-state index contributed by atoms with van der Waals surface area (Å²) >= 11 is 5.84. The molecule has 0 amide bonds. The first kappa shape index (κ1) is 14.0. The molecule has 96 valence electrons. The highest BCUT2D eigenvalue weighted by Crippen LogP contribution is 2.30. The van der Waals surface area contributed by atoms with Gasteiger partial charge in [-0.05, 0) is 13.8 Å². The SMILES string of the molecule is COc1c(Cl)ncnc1OCCC(C)(C)OC. The topological polar surface area (TPSA) is 53.5 Å². The smallest absolute Gasteiger partial charge is 0.261 e. The maximum Gasteiger partial charge on any atom is 0.261 e. The molecule has 0 aliphatic rings. The van der Waals surface area contributed by atoms with Crippen LogP contribution in [0.2, 0.25) is 5.15 Å². The highest BCUT2D eigenvalue weighted by molar-refractivity contribution is 6.31. The van der Waals surface area contributed by atoms with Crippen LogP contribution in [0.25, 0.3) is 0 Å². The third-order valence-corrected chi connectivity index (χ3v) is 2.70. The van der Waals surface area contributed by atoms with Crippen molar-refractivity contribution in [1.29, 1.82) is 0 Å². The second kappa shape index (κ2) is 6.02. The van der Waals surface area contributed by atoms with E-state index in [2.05, 4.69) is 9.97 Å². The molecule has 0 saturated heterocycles. The fraction of sp³-hybridized carbons (Fsp3) is 0.636. The van der Waals surface area contributed by atoms with Crippen LogP contribution in [0.5, 0.6) is 11.6 Å². The second-order valence-corrected chi connectivity index (χ2v) is 4.42. The van der Waals surface area contributed by atoms with Crippen LogP contribution < -0.4 is 9.47 Å². The third kappa shape index (κ3) is 4.02. The number of hydrogen-bond donors (Lipinski definition) is 0. The molecule has 0 bridgehead atoms. The monoisotopic (exact) mass is 260 g/mol. The van der Waals surface area contributed by atoms with Gasteiger partial charge in [0.15, 0.2) is 5.15 Å². The van der Waals surface area contributed by atoms with Crippen LogP contribution in [0, 0.1) is 0 Å². The number of methoxy groups -OCH3 is 2. The van der Waals surface area contributed by atoms with Crippen LogP contribution in [0.1, 0.15) is 20.3 Å². The molecule has 0 N–H and O–H groups in total. The van der Waals surface area contributed by atoms with Crippen LogP contribution in [0.3, 0.4) is 0 Å². The number of rotatable bonds is 6. The molecule has 0 fully saturated rings. The summed E-state index contributed by atoms with van der Waals surface area (Å²) in [6, 6.07) is 0. The van der Waals surface area contributed by atoms with Crippen LogP contribution >= 0.6 is 11.6 Å². The van der Waals surface area contributed by atoms with Gasteiger partial charge in [-0.25, -0.2) is 4.98 Å². The molecule has 0 unspecified atom stereocenters. The highest BCUT2D eigenvalue weighted by Gasteiger charge is 2.17. The first-order valence-electron chi connectivity index (χ1n) is 5.22. The van der Waals surface area contributed by atoms with Gasteiger partial charge in [-0.1, -0.05) is 11.6 Å². The predicted octanol–water partition coefficient (Wildman–Crippen LogP) is 2.33. The summed E-state index contributed by atoms with van der Waals surface area (Å²) in [6.45, 7) is 4.44. The lowest BCUT2D eigenvalue weighted by molar-refractivity contribution is 0.00484. The van der Waals surface area contributed by atoms with E-state index < -0.39 is 0 Å². The van der Waals surface area contributed by atoms with Gasteiger partial charge in [-0.3, -0.25) is 0 Å². The molecule has 0 aliphatic heterocycles. The Bertz CT molecular complexity index is 372. The largest absolute Gasteiger partial charge is 0.489 e. The van der Waals surface area contributed by atoms with Crippen LogP contribution in [-0.4, -0.2) is 36.4 Å². The summed E-state index contributed by atoms with van der Waals surface area (Å²) in [4.78, 5) is 7.78. The molecular weight excluding hydrogens is 244 g/mol. The standard InChI is InChI=1S/C11H17ClN2O3/c1-11(2,16-4)5-6-17-10-8(15-3)9(12)13-7-14-10/h7H,5-6H2,1-4H3. The van der Waals surface area contributed by atoms with Crippen LogP contribution in [0.4, 0.5) is 0 Å². The molecule has 0 aromatic carbocycles. The van der Waals surface area contributed by atoms with E-state index in [1.165, 1.54) is 13.4 Å². The second-order valence-electron chi connectivity index (χ2n) is 4.07. The van der Waals surface area contributed by atoms with Gasteiger partial charge in [-0.15, -0.1) is 0 Å². The first-order valence-corrected chi connectivity index (χ1v) is 5.60. The van der Waals surface area contributed by atoms with E-state index in [-0.39, 0.29) is 10.8 Å². The number of hydrogen-bond acceptors (Lipinski definition) is 5. The Labute approximate surface area is 106 Å². The summed E-state index contributed by atoms with van der Waals surface area (Å²) in [5, 5.41) is 0.239. The summed E-state index contributed by atoms with van der Waals surface area (Å²) in [5.41, 5.74) is -0.232. The number of halogens is 1. The van der Waals surface area contributed by atoms with Crippen molar-refractivity contribution in [2.75, 3.05) is 20.8 Å². The van der Waals surface area contributed by atoms with Crippen molar-refractivity contribution >= 4 is 11.6 Å². The highest BCUT2D eigenvalue weighted by atomic mass is 35.5. The van der Waals surface area contributed by atoms with E-state index in [0.29, 0.717) is 18.2 Å². The number of aromatic nitrogens is 2. The summed E-state index contributed by atoms with van der Waals surface area (Å²) in [5.74, 6) is 0.698. The number of nitrogens with zero attached hydrogens (tertiary/aromatic N) is 2. The zero-order valence-electron chi connectivity index (χ0n) is 10.5. The van der Waals surface area contributed by atoms with E-state index in [1.54, 1.807) is 7.11 Å². The average molecular weight is 261 g/mol. The summed E-state index contributed by atoms with van der Waals surface area (Å²) in [7, 11) is 3.17. The molecule has 0 aliphatic carbocycles. The van der Waals surface area contributed by atoms with Gasteiger partial charge in [-0.2, -0.15) is 4.98 Å². The van der Waals surface area contributed by atoms with E-state index >= 15 is 0 Å². The Hall–Kier alpha value is -1.07. The molecule has 1 rings (SSSR count). The van der Waals surface area contributed by atoms with Gasteiger partial charge in [0.2, 0.25) is 5.75 Å². The van der Waals surface area contributed by atoms with Crippen molar-refractivity contribution in [3.05, 3.63) is 11.5 Å². The first-order chi connectivity index (χ1) is 8.00. The number of ether oxygens (including phenoxy) is 3. The fourth-order valence-electron chi connectivity index (χ4n) is 1.11. The van der Waals surface area contributed by atoms with Gasteiger partial charge >= 0.3 is 0 Å². The molecule has 0 spiro atoms. The molecule has 1 heterocycles. The average Bonchev–Trinajstić information content (AvgIpc) is 2.29. The molecule has 1 aromatic heterocycles. The molecular formula is C11H17ClN2O3. The van der Waals surface area contributed by atoms with E-state index in [0.717, 1.165) is 6.42 Å². The van der Waals surface area contributed by atoms with Crippen molar-refractivity contribution in [3.8, 4) is 11.6 Å². The Morgan fingerprint density at radius 3 is 2.59 bits per heavy atom. The van der Waals surface area contributed by atoms with E-state index in [9.17, 15) is 0 Å². The molecule has 0 atom stereocenters. The van der Waals surface area contributed by atoms with Crippen LogP contribution in [0.15, 0.2) is 6.33 Å². The molecule has 17 heavy (non-hydrogen) atoms. The lowest BCUT2D eigenvalue weighted by Gasteiger charge is -2.22. The van der Waals surface area contributed by atoms with Crippen molar-refractivity contribution < 1.29 is 14.2 Å². The van der Waals surface area contributed by atoms with Gasteiger partial charge < -0.3 is 14.2 Å². The molecule has 0 saturated carbocycles. The van der Waals surface area contributed by atoms with Crippen molar-refractivity contribution in [1.82, 2.24) is 9.97 Å². The Morgan fingerprint density at radius 2 is 2.00 bits per heavy atom. The predicted molar refractivity (Wildman–Crippen MR) is 64.8 cm³/mol. The lowest BCUT2D eigenvalue weighted by Crippen LogP contribution is -2.25. The van der Waals surface area contributed by atoms with Crippen LogP contribution in [-0.2, 0) is 4.74 Å². The Morgan fingerprint density at radius 1 is 1.29 bits per heavy atom. The molecule has 1 aromatic rings. The van der Waals surface area contributed by atoms with Gasteiger partial charge in [0.25, 0.3) is 5.88 Å². The van der Waals surface area contributed by atoms with Gasteiger partial charge in [0, 0.05) is 13.5 Å². The normalized spacial score (nSPS) is 11.4. The van der Waals surface area contributed by atoms with Gasteiger partial charge in [0.05, 0.1) is 19.3 Å². The molecule has 6 heteroatoms. The minimum atomic E-state index is -0.232. The van der Waals surface area contributed by atoms with Crippen molar-refractivity contribution in [2.24, 2.45) is 0 Å². The Balaban J connectivity index is 2.61. The minimum absolute atomic E-state index is 0.232. The lowest BCUT2D eigenvalue weighted by atomic mass is 10.1. The van der Waals surface area contributed by atoms with E-state index in [4.69, 9.17) is 25.8 Å². The quantitative estimate of drug-likeness (QED) is 0.735. The van der Waals surface area contributed by atoms with Gasteiger partial charge in [0.1, 0.15) is 6.33 Å². The third-order valence-electron chi connectivity index (χ3n) is 2.43. The maximum absolute atomic E-state index is 5.84. The zero-order valence-corrected chi connectivity index (χ0v) is 11.2. The zero-order chi connectivity index (χ0) is 12.9. The maximum atomic E-state index is 5.84. The molecule has 0 radical (unpaired) electrons. The Kier molecular flexibility index (Phi) is 4.96. The van der Waals surface area contributed by atoms with Crippen molar-refractivity contribution in [3.63, 3.8) is 0 Å². The fourth-order valence-corrected chi connectivity index (χ4v) is 1.31. The van der Waals surface area contributed by atoms with Crippen molar-refractivity contribution in [2.45, 2.75) is 25.9 Å².